The lowest BCUT2D eigenvalue weighted by Crippen LogP contribution is -2.28. The van der Waals surface area contributed by atoms with E-state index in [9.17, 15) is 4.79 Å². The Morgan fingerprint density at radius 3 is 2.64 bits per heavy atom. The van der Waals surface area contributed by atoms with Crippen molar-refractivity contribution in [2.75, 3.05) is 26.0 Å². The Morgan fingerprint density at radius 1 is 1.08 bits per heavy atom. The predicted octanol–water partition coefficient (Wildman–Crippen LogP) is 3.83. The van der Waals surface area contributed by atoms with Gasteiger partial charge in [0.25, 0.3) is 0 Å². The normalized spacial score (nSPS) is 12.8. The molecule has 0 atom stereocenters. The van der Waals surface area contributed by atoms with Gasteiger partial charge in [0, 0.05) is 18.5 Å². The number of benzene rings is 2. The molecule has 1 heterocycles. The number of fused-ring (bicyclic) bond motifs is 1. The van der Waals surface area contributed by atoms with Gasteiger partial charge in [0.2, 0.25) is 5.91 Å². The molecule has 4 nitrogen and oxygen atoms in total. The van der Waals surface area contributed by atoms with Crippen molar-refractivity contribution in [1.82, 2.24) is 4.90 Å². The van der Waals surface area contributed by atoms with Crippen LogP contribution < -0.4 is 9.47 Å². The maximum atomic E-state index is 12.5. The van der Waals surface area contributed by atoms with Crippen molar-refractivity contribution in [3.63, 3.8) is 0 Å². The number of hydrogen-bond donors (Lipinski definition) is 0. The van der Waals surface area contributed by atoms with E-state index >= 15 is 0 Å². The lowest BCUT2D eigenvalue weighted by Gasteiger charge is -2.21. The molecule has 132 valence electrons. The number of hydrogen-bond acceptors (Lipinski definition) is 4. The third-order valence-corrected chi connectivity index (χ3v) is 5.29. The van der Waals surface area contributed by atoms with Crippen LogP contribution in [0.3, 0.4) is 0 Å². The van der Waals surface area contributed by atoms with Gasteiger partial charge in [0.05, 0.1) is 5.75 Å². The van der Waals surface area contributed by atoms with Crippen LogP contribution in [-0.2, 0) is 11.3 Å². The molecule has 0 bridgehead atoms. The molecule has 0 aromatic heterocycles. The fraction of sp³-hybridized carbons (Fsp3) is 0.350. The minimum Gasteiger partial charge on any atom is -0.486 e. The standard InChI is InChI=1S/C20H23NO3S/c1-14-4-5-15(2)19(10-14)25-13-20(22)21(3)12-16-6-7-17-18(11-16)24-9-8-23-17/h4-7,10-11H,8-9,12-13H2,1-3H3. The Bertz CT molecular complexity index is 776. The molecule has 25 heavy (non-hydrogen) atoms. The lowest BCUT2D eigenvalue weighted by atomic mass is 10.2. The number of carbonyl (C=O) groups excluding carboxylic acids is 1. The Morgan fingerprint density at radius 2 is 1.84 bits per heavy atom. The van der Waals surface area contributed by atoms with Crippen molar-refractivity contribution in [1.29, 1.82) is 0 Å². The number of amides is 1. The summed E-state index contributed by atoms with van der Waals surface area (Å²) in [5, 5.41) is 0. The summed E-state index contributed by atoms with van der Waals surface area (Å²) in [5.41, 5.74) is 3.46. The molecule has 0 unspecified atom stereocenters. The number of ether oxygens (including phenoxy) is 2. The summed E-state index contributed by atoms with van der Waals surface area (Å²) in [6.07, 6.45) is 0. The van der Waals surface area contributed by atoms with Crippen LogP contribution in [0.2, 0.25) is 0 Å². The third kappa shape index (κ3) is 4.48. The zero-order valence-electron chi connectivity index (χ0n) is 14.9. The summed E-state index contributed by atoms with van der Waals surface area (Å²) in [7, 11) is 1.84. The Hall–Kier alpha value is -2.14. The molecule has 1 aliphatic rings. The minimum absolute atomic E-state index is 0.112. The van der Waals surface area contributed by atoms with E-state index in [0.717, 1.165) is 17.1 Å². The lowest BCUT2D eigenvalue weighted by molar-refractivity contribution is -0.127. The smallest absolute Gasteiger partial charge is 0.232 e. The summed E-state index contributed by atoms with van der Waals surface area (Å²) in [5.74, 6) is 2.08. The first kappa shape index (κ1) is 17.7. The summed E-state index contributed by atoms with van der Waals surface area (Å²) < 4.78 is 11.1. The monoisotopic (exact) mass is 357 g/mol. The molecule has 2 aromatic rings. The average molecular weight is 357 g/mol. The minimum atomic E-state index is 0.112. The second kappa shape index (κ2) is 7.83. The number of thioether (sulfide) groups is 1. The van der Waals surface area contributed by atoms with Crippen molar-refractivity contribution < 1.29 is 14.3 Å². The first-order chi connectivity index (χ1) is 12.0. The van der Waals surface area contributed by atoms with E-state index in [-0.39, 0.29) is 5.91 Å². The molecule has 0 saturated heterocycles. The third-order valence-electron chi connectivity index (χ3n) is 4.15. The van der Waals surface area contributed by atoms with E-state index in [1.54, 1.807) is 16.7 Å². The van der Waals surface area contributed by atoms with Crippen LogP contribution in [0.1, 0.15) is 16.7 Å². The van der Waals surface area contributed by atoms with Gasteiger partial charge in [-0.15, -0.1) is 11.8 Å². The van der Waals surface area contributed by atoms with Crippen LogP contribution in [0.4, 0.5) is 0 Å². The van der Waals surface area contributed by atoms with Crippen molar-refractivity contribution in [3.8, 4) is 11.5 Å². The fourth-order valence-corrected chi connectivity index (χ4v) is 3.72. The molecule has 0 saturated carbocycles. The van der Waals surface area contributed by atoms with Gasteiger partial charge in [-0.05, 0) is 43.2 Å². The van der Waals surface area contributed by atoms with Crippen LogP contribution in [0.5, 0.6) is 11.5 Å². The Labute approximate surface area is 153 Å². The van der Waals surface area contributed by atoms with Crippen molar-refractivity contribution in [3.05, 3.63) is 53.1 Å². The van der Waals surface area contributed by atoms with Gasteiger partial charge >= 0.3 is 0 Å². The Balaban J connectivity index is 1.58. The molecular weight excluding hydrogens is 334 g/mol. The van der Waals surface area contributed by atoms with Crippen LogP contribution in [0.15, 0.2) is 41.3 Å². The van der Waals surface area contributed by atoms with E-state index in [2.05, 4.69) is 32.0 Å². The molecule has 0 spiro atoms. The largest absolute Gasteiger partial charge is 0.486 e. The first-order valence-electron chi connectivity index (χ1n) is 8.35. The van der Waals surface area contributed by atoms with Crippen molar-refractivity contribution in [2.45, 2.75) is 25.3 Å². The highest BCUT2D eigenvalue weighted by Gasteiger charge is 2.15. The van der Waals surface area contributed by atoms with Gasteiger partial charge in [-0.1, -0.05) is 23.8 Å². The highest BCUT2D eigenvalue weighted by Crippen LogP contribution is 2.31. The van der Waals surface area contributed by atoms with E-state index in [4.69, 9.17) is 9.47 Å². The zero-order chi connectivity index (χ0) is 17.8. The Kier molecular flexibility index (Phi) is 5.53. The molecule has 0 radical (unpaired) electrons. The maximum Gasteiger partial charge on any atom is 0.232 e. The van der Waals surface area contributed by atoms with Gasteiger partial charge in [0.15, 0.2) is 11.5 Å². The van der Waals surface area contributed by atoms with E-state index in [0.29, 0.717) is 25.5 Å². The number of carbonyl (C=O) groups is 1. The molecule has 1 aliphatic heterocycles. The fourth-order valence-electron chi connectivity index (χ4n) is 2.66. The molecule has 3 rings (SSSR count). The number of rotatable bonds is 5. The number of aryl methyl sites for hydroxylation is 2. The maximum absolute atomic E-state index is 12.5. The highest BCUT2D eigenvalue weighted by atomic mass is 32.2. The second-order valence-electron chi connectivity index (χ2n) is 6.29. The molecule has 0 N–H and O–H groups in total. The SMILES string of the molecule is Cc1ccc(C)c(SCC(=O)N(C)Cc2ccc3c(c2)OCCO3)c1. The second-order valence-corrected chi connectivity index (χ2v) is 7.30. The van der Waals surface area contributed by atoms with Crippen molar-refractivity contribution >= 4 is 17.7 Å². The summed E-state index contributed by atoms with van der Waals surface area (Å²) in [6.45, 7) is 5.85. The highest BCUT2D eigenvalue weighted by molar-refractivity contribution is 8.00. The molecule has 0 fully saturated rings. The topological polar surface area (TPSA) is 38.8 Å². The molecule has 0 aliphatic carbocycles. The van der Waals surface area contributed by atoms with Gasteiger partial charge in [-0.2, -0.15) is 0 Å². The predicted molar refractivity (Wildman–Crippen MR) is 101 cm³/mol. The van der Waals surface area contributed by atoms with Gasteiger partial charge in [-0.25, -0.2) is 0 Å². The quantitative estimate of drug-likeness (QED) is 0.763. The molecular formula is C20H23NO3S. The van der Waals surface area contributed by atoms with Crippen molar-refractivity contribution in [2.24, 2.45) is 0 Å². The van der Waals surface area contributed by atoms with Crippen LogP contribution in [0, 0.1) is 13.8 Å². The first-order valence-corrected chi connectivity index (χ1v) is 9.34. The van der Waals surface area contributed by atoms with E-state index in [1.165, 1.54) is 16.0 Å². The zero-order valence-corrected chi connectivity index (χ0v) is 15.7. The summed E-state index contributed by atoms with van der Waals surface area (Å²) in [6, 6.07) is 12.2. The van der Waals surface area contributed by atoms with Gasteiger partial charge in [-0.3, -0.25) is 4.79 Å². The average Bonchev–Trinajstić information content (AvgIpc) is 2.62. The summed E-state index contributed by atoms with van der Waals surface area (Å²) in [4.78, 5) is 15.4. The summed E-state index contributed by atoms with van der Waals surface area (Å²) >= 11 is 1.60. The molecule has 5 heteroatoms. The van der Waals surface area contributed by atoms with E-state index < -0.39 is 0 Å². The van der Waals surface area contributed by atoms with Gasteiger partial charge in [0.1, 0.15) is 13.2 Å². The van der Waals surface area contributed by atoms with Crippen LogP contribution in [-0.4, -0.2) is 36.8 Å². The number of nitrogens with zero attached hydrogens (tertiary/aromatic N) is 1. The molecule has 1 amide bonds. The van der Waals surface area contributed by atoms with Crippen LogP contribution in [0.25, 0.3) is 0 Å². The molecule has 2 aromatic carbocycles. The van der Waals surface area contributed by atoms with Gasteiger partial charge < -0.3 is 14.4 Å². The van der Waals surface area contributed by atoms with E-state index in [1.807, 2.05) is 25.2 Å². The van der Waals surface area contributed by atoms with Crippen LogP contribution >= 0.6 is 11.8 Å².